The van der Waals surface area contributed by atoms with Gasteiger partial charge in [-0.2, -0.15) is 0 Å². The first-order chi connectivity index (χ1) is 5.52. The third kappa shape index (κ3) is 11.9. The van der Waals surface area contributed by atoms with Gasteiger partial charge in [0.15, 0.2) is 0 Å². The minimum absolute atomic E-state index is 0. The molecule has 0 N–H and O–H groups in total. The second-order valence-corrected chi connectivity index (χ2v) is 3.08. The van der Waals surface area contributed by atoms with E-state index in [-0.39, 0.29) is 26.8 Å². The number of rotatable bonds is 0. The molecular weight excluding hydrogens is 334 g/mol. The summed E-state index contributed by atoms with van der Waals surface area (Å²) in [5.74, 6) is -0.0833. The molecule has 0 bridgehead atoms. The smallest absolute Gasteiger partial charge is 0.456 e. The van der Waals surface area contributed by atoms with Gasteiger partial charge < -0.3 is 16.6 Å². The van der Waals surface area contributed by atoms with Crippen LogP contribution in [0.5, 0.6) is 0 Å². The molecule has 74 valence electrons. The van der Waals surface area contributed by atoms with Crippen LogP contribution < -0.4 is 0 Å². The molecule has 13 heavy (non-hydrogen) atoms. The summed E-state index contributed by atoms with van der Waals surface area (Å²) in [6.45, 7) is 8.75. The maximum absolute atomic E-state index is 9.33. The molecular formula is C10H17NOW. The molecule has 0 aromatic heterocycles. The molecule has 0 aliphatic carbocycles. The zero-order valence-electron chi connectivity index (χ0n) is 8.38. The maximum Gasteiger partial charge on any atom is 2.00 e. The Balaban J connectivity index is 0. The van der Waals surface area contributed by atoms with Gasteiger partial charge in [0.1, 0.15) is 0 Å². The number of ketones is 1. The summed E-state index contributed by atoms with van der Waals surface area (Å²) in [6.07, 6.45) is 3.43. The zero-order chi connectivity index (χ0) is 9.56. The van der Waals surface area contributed by atoms with Crippen LogP contribution in [-0.4, -0.2) is 23.8 Å². The topological polar surface area (TPSA) is 20.3 Å². The largest absolute Gasteiger partial charge is 2.00 e. The average molecular weight is 351 g/mol. The van der Waals surface area contributed by atoms with Gasteiger partial charge in [-0.25, -0.2) is 0 Å². The predicted molar refractivity (Wildman–Crippen MR) is 51.3 cm³/mol. The molecule has 0 amide bonds. The van der Waals surface area contributed by atoms with E-state index in [1.165, 1.54) is 18.9 Å². The number of hydrogen-bond acceptors (Lipinski definition) is 2. The molecule has 0 aromatic carbocycles. The van der Waals surface area contributed by atoms with E-state index in [9.17, 15) is 4.79 Å². The molecule has 0 aromatic rings. The van der Waals surface area contributed by atoms with Crippen molar-refractivity contribution >= 4 is 5.78 Å². The van der Waals surface area contributed by atoms with Crippen molar-refractivity contribution in [2.75, 3.05) is 13.1 Å². The van der Waals surface area contributed by atoms with Crippen LogP contribution in [0.4, 0.5) is 0 Å². The molecule has 0 atom stereocenters. The van der Waals surface area contributed by atoms with Crippen LogP contribution in [0.25, 0.3) is 0 Å². The van der Waals surface area contributed by atoms with Crippen LogP contribution in [0.2, 0.25) is 0 Å². The fourth-order valence-corrected chi connectivity index (χ4v) is 0.813. The van der Waals surface area contributed by atoms with E-state index < -0.39 is 0 Å². The molecule has 0 fully saturated rings. The summed E-state index contributed by atoms with van der Waals surface area (Å²) in [5, 5.41) is 0. The van der Waals surface area contributed by atoms with Crippen molar-refractivity contribution in [3.05, 3.63) is 25.6 Å². The number of nitrogens with zero attached hydrogens (tertiary/aromatic N) is 1. The summed E-state index contributed by atoms with van der Waals surface area (Å²) in [4.78, 5) is 11.4. The van der Waals surface area contributed by atoms with E-state index in [0.29, 0.717) is 0 Å². The Labute approximate surface area is 95.6 Å². The number of Topliss-reactive ketones (excluding diaryl/α,β-unsaturated/α-hetero) is 1. The molecule has 3 heteroatoms. The first-order valence-corrected chi connectivity index (χ1v) is 4.06. The van der Waals surface area contributed by atoms with Gasteiger partial charge in [0, 0.05) is 0 Å². The molecule has 0 radical (unpaired) electrons. The molecule has 1 aliphatic rings. The Kier molecular flexibility index (Phi) is 10.1. The maximum atomic E-state index is 9.33. The Morgan fingerprint density at radius 2 is 2.08 bits per heavy atom. The fraction of sp³-hybridized carbons (Fsp3) is 0.500. The minimum Gasteiger partial charge on any atom is -0.456 e. The Hall–Kier alpha value is -0.0717. The number of carbonyl (C=O) groups excluding carboxylic acids is 1. The van der Waals surface area contributed by atoms with Gasteiger partial charge in [0.25, 0.3) is 0 Å². The van der Waals surface area contributed by atoms with Crippen LogP contribution in [0.1, 0.15) is 20.3 Å². The average Bonchev–Trinajstić information content (AvgIpc) is 1.94. The normalized spacial score (nSPS) is 16.1. The van der Waals surface area contributed by atoms with Gasteiger partial charge in [0.2, 0.25) is 0 Å². The first kappa shape index (κ1) is 15.4. The van der Waals surface area contributed by atoms with Crippen molar-refractivity contribution in [3.63, 3.8) is 0 Å². The molecule has 1 aliphatic heterocycles. The monoisotopic (exact) mass is 351 g/mol. The first-order valence-electron chi connectivity index (χ1n) is 4.06. The third-order valence-corrected chi connectivity index (χ3v) is 1.52. The minimum atomic E-state index is -0.0833. The van der Waals surface area contributed by atoms with E-state index >= 15 is 0 Å². The second kappa shape index (κ2) is 8.52. The van der Waals surface area contributed by atoms with Gasteiger partial charge in [-0.15, -0.1) is 0 Å². The van der Waals surface area contributed by atoms with Crippen molar-refractivity contribution in [3.8, 4) is 0 Å². The summed E-state index contributed by atoms with van der Waals surface area (Å²) < 4.78 is 0. The molecule has 2 nitrogen and oxygen atoms in total. The van der Waals surface area contributed by atoms with Crippen LogP contribution in [0, 0.1) is 14.0 Å². The predicted octanol–water partition coefficient (Wildman–Crippen LogP) is 1.84. The Bertz CT molecular complexity index is 174. The number of carbonyl (C=O) groups is 1. The summed E-state index contributed by atoms with van der Waals surface area (Å²) in [6, 6.07) is 0. The number of hydrogen-bond donors (Lipinski definition) is 0. The van der Waals surface area contributed by atoms with E-state index in [4.69, 9.17) is 0 Å². The van der Waals surface area contributed by atoms with E-state index in [1.54, 1.807) is 0 Å². The summed E-state index contributed by atoms with van der Waals surface area (Å²) in [5.41, 5.74) is 1.50. The van der Waals surface area contributed by atoms with Gasteiger partial charge >= 0.3 is 21.1 Å². The zero-order valence-corrected chi connectivity index (χ0v) is 11.3. The standard InChI is InChI=1S/C7H12N.C3H5O.W/c1-7-3-5-8(2)6-4-7;1-3(2)4;/h3H,2,4-6H2,1H3;1H2,2H3;/q2*-1;+2. The van der Waals surface area contributed by atoms with Gasteiger partial charge in [0.05, 0.1) is 0 Å². The van der Waals surface area contributed by atoms with Crippen molar-refractivity contribution in [2.45, 2.75) is 20.3 Å². The van der Waals surface area contributed by atoms with Crippen molar-refractivity contribution < 1.29 is 25.9 Å². The van der Waals surface area contributed by atoms with Gasteiger partial charge in [-0.05, 0) is 39.1 Å². The molecule has 0 spiro atoms. The Morgan fingerprint density at radius 3 is 2.31 bits per heavy atom. The van der Waals surface area contributed by atoms with Gasteiger partial charge in [-0.3, -0.25) is 7.05 Å². The molecule has 1 heterocycles. The van der Waals surface area contributed by atoms with E-state index in [0.717, 1.165) is 13.1 Å². The van der Waals surface area contributed by atoms with Gasteiger partial charge in [-0.1, -0.05) is 11.6 Å². The van der Waals surface area contributed by atoms with Crippen molar-refractivity contribution in [1.82, 2.24) is 4.90 Å². The third-order valence-electron chi connectivity index (χ3n) is 1.52. The quantitative estimate of drug-likeness (QED) is 0.490. The second-order valence-electron chi connectivity index (χ2n) is 3.08. The van der Waals surface area contributed by atoms with E-state index in [2.05, 4.69) is 31.9 Å². The Morgan fingerprint density at radius 1 is 1.62 bits per heavy atom. The molecule has 0 unspecified atom stereocenters. The summed E-state index contributed by atoms with van der Waals surface area (Å²) in [7, 11) is 3.82. The van der Waals surface area contributed by atoms with Crippen LogP contribution in [-0.2, 0) is 25.9 Å². The molecule has 0 saturated carbocycles. The van der Waals surface area contributed by atoms with Crippen molar-refractivity contribution in [1.29, 1.82) is 0 Å². The van der Waals surface area contributed by atoms with Crippen LogP contribution in [0.3, 0.4) is 0 Å². The molecule has 1 rings (SSSR count). The SMILES string of the molecule is [CH2-]C(C)=O.[CH2-]N1CC=C(C)CC1.[W+2]. The van der Waals surface area contributed by atoms with Crippen molar-refractivity contribution in [2.24, 2.45) is 0 Å². The van der Waals surface area contributed by atoms with Crippen LogP contribution >= 0.6 is 0 Å². The fourth-order valence-electron chi connectivity index (χ4n) is 0.813. The van der Waals surface area contributed by atoms with E-state index in [1.807, 2.05) is 0 Å². The van der Waals surface area contributed by atoms with Crippen LogP contribution in [0.15, 0.2) is 11.6 Å². The summed E-state index contributed by atoms with van der Waals surface area (Å²) >= 11 is 0. The molecule has 0 saturated heterocycles.